The first-order chi connectivity index (χ1) is 8.46. The Hall–Kier alpha value is -0.420. The maximum Gasteiger partial charge on any atom is 0.262 e. The minimum Gasteiger partial charge on any atom is -0.354 e. The summed E-state index contributed by atoms with van der Waals surface area (Å²) in [4.78, 5) is 11.8. The number of halogens is 3. The molecule has 2 N–H and O–H groups in total. The Morgan fingerprint density at radius 2 is 2.00 bits per heavy atom. The van der Waals surface area contributed by atoms with Gasteiger partial charge in [0.15, 0.2) is 0 Å². The van der Waals surface area contributed by atoms with Crippen molar-refractivity contribution in [2.24, 2.45) is 5.41 Å². The van der Waals surface area contributed by atoms with E-state index in [1.54, 1.807) is 0 Å². The molecule has 0 spiro atoms. The number of hydrogen-bond donors (Lipinski definition) is 2. The van der Waals surface area contributed by atoms with Gasteiger partial charge in [-0.25, -0.2) is 8.78 Å². The average molecular weight is 297 g/mol. The number of rotatable bonds is 4. The SMILES string of the molecule is CCC1(CNC(=O)C2CC(F)(F)CN2)CCCC1.Cl. The standard InChI is InChI=1S/C13H22F2N2O.ClH/c1-2-12(5-3-4-6-12)8-17-11(18)10-7-13(14,15)9-16-10;/h10,16H,2-9H2,1H3,(H,17,18);1H. The van der Waals surface area contributed by atoms with Crippen molar-refractivity contribution >= 4 is 18.3 Å². The summed E-state index contributed by atoms with van der Waals surface area (Å²) in [6.45, 7) is 2.38. The maximum atomic E-state index is 13.0. The molecule has 2 aliphatic rings. The number of carbonyl (C=O) groups is 1. The van der Waals surface area contributed by atoms with Crippen molar-refractivity contribution < 1.29 is 13.6 Å². The minimum atomic E-state index is -2.74. The fourth-order valence-corrected chi connectivity index (χ4v) is 3.08. The molecule has 1 saturated heterocycles. The topological polar surface area (TPSA) is 41.1 Å². The molecule has 6 heteroatoms. The Morgan fingerprint density at radius 3 is 2.47 bits per heavy atom. The predicted octanol–water partition coefficient (Wildman–Crippen LogP) is 2.49. The van der Waals surface area contributed by atoms with Crippen molar-refractivity contribution in [2.45, 2.75) is 57.4 Å². The van der Waals surface area contributed by atoms with Crippen LogP contribution in [-0.4, -0.2) is 31.0 Å². The van der Waals surface area contributed by atoms with E-state index in [4.69, 9.17) is 0 Å². The highest BCUT2D eigenvalue weighted by Crippen LogP contribution is 2.40. The van der Waals surface area contributed by atoms with Gasteiger partial charge in [-0.05, 0) is 24.7 Å². The number of nitrogens with one attached hydrogen (secondary N) is 2. The highest BCUT2D eigenvalue weighted by atomic mass is 35.5. The molecule has 1 heterocycles. The molecule has 112 valence electrons. The van der Waals surface area contributed by atoms with Crippen molar-refractivity contribution in [2.75, 3.05) is 13.1 Å². The van der Waals surface area contributed by atoms with Crippen LogP contribution in [0.2, 0.25) is 0 Å². The third kappa shape index (κ3) is 4.02. The predicted molar refractivity (Wildman–Crippen MR) is 72.8 cm³/mol. The fraction of sp³-hybridized carbons (Fsp3) is 0.923. The van der Waals surface area contributed by atoms with Crippen molar-refractivity contribution in [3.63, 3.8) is 0 Å². The second-order valence-electron chi connectivity index (χ2n) is 5.77. The van der Waals surface area contributed by atoms with Crippen LogP contribution in [0.4, 0.5) is 8.78 Å². The second-order valence-corrected chi connectivity index (χ2v) is 5.77. The van der Waals surface area contributed by atoms with Gasteiger partial charge in [0.1, 0.15) is 0 Å². The summed E-state index contributed by atoms with van der Waals surface area (Å²) in [6, 6.07) is -0.727. The zero-order valence-electron chi connectivity index (χ0n) is 11.3. The molecular weight excluding hydrogens is 274 g/mol. The molecule has 2 fully saturated rings. The van der Waals surface area contributed by atoms with E-state index in [-0.39, 0.29) is 36.7 Å². The van der Waals surface area contributed by atoms with Gasteiger partial charge in [0.2, 0.25) is 5.91 Å². The molecule has 0 aromatic heterocycles. The lowest BCUT2D eigenvalue weighted by molar-refractivity contribution is -0.124. The largest absolute Gasteiger partial charge is 0.354 e. The monoisotopic (exact) mass is 296 g/mol. The van der Waals surface area contributed by atoms with Gasteiger partial charge in [0, 0.05) is 13.0 Å². The molecule has 0 bridgehead atoms. The zero-order valence-corrected chi connectivity index (χ0v) is 12.1. The summed E-state index contributed by atoms with van der Waals surface area (Å²) in [5.74, 6) is -3.01. The summed E-state index contributed by atoms with van der Waals surface area (Å²) in [5, 5.41) is 5.45. The van der Waals surface area contributed by atoms with Crippen LogP contribution in [0, 0.1) is 5.41 Å². The van der Waals surface area contributed by atoms with E-state index in [2.05, 4.69) is 17.6 Å². The summed E-state index contributed by atoms with van der Waals surface area (Å²) >= 11 is 0. The second kappa shape index (κ2) is 6.35. The van der Waals surface area contributed by atoms with Crippen molar-refractivity contribution in [3.05, 3.63) is 0 Å². The Labute approximate surface area is 119 Å². The van der Waals surface area contributed by atoms with E-state index in [1.165, 1.54) is 12.8 Å². The van der Waals surface area contributed by atoms with Gasteiger partial charge in [0.25, 0.3) is 5.92 Å². The van der Waals surface area contributed by atoms with Gasteiger partial charge in [-0.3, -0.25) is 10.1 Å². The Bertz CT molecular complexity index is 320. The van der Waals surface area contributed by atoms with Gasteiger partial charge < -0.3 is 5.32 Å². The first-order valence-electron chi connectivity index (χ1n) is 6.85. The molecule has 0 aromatic rings. The summed E-state index contributed by atoms with van der Waals surface area (Å²) in [6.07, 6.45) is 5.36. The Balaban J connectivity index is 0.00000180. The lowest BCUT2D eigenvalue weighted by atomic mass is 9.83. The smallest absolute Gasteiger partial charge is 0.262 e. The third-order valence-electron chi connectivity index (χ3n) is 4.48. The van der Waals surface area contributed by atoms with Crippen LogP contribution in [0.1, 0.15) is 45.4 Å². The van der Waals surface area contributed by atoms with Gasteiger partial charge in [-0.2, -0.15) is 0 Å². The number of alkyl halides is 2. The Morgan fingerprint density at radius 1 is 1.37 bits per heavy atom. The van der Waals surface area contributed by atoms with Crippen molar-refractivity contribution in [3.8, 4) is 0 Å². The zero-order chi connectivity index (χ0) is 13.2. The molecule has 0 aromatic carbocycles. The van der Waals surface area contributed by atoms with Gasteiger partial charge in [-0.15, -0.1) is 12.4 Å². The number of hydrogen-bond acceptors (Lipinski definition) is 2. The quantitative estimate of drug-likeness (QED) is 0.837. The summed E-state index contributed by atoms with van der Waals surface area (Å²) < 4.78 is 26.0. The first kappa shape index (κ1) is 16.6. The molecule has 0 radical (unpaired) electrons. The van der Waals surface area contributed by atoms with Crippen LogP contribution in [0.5, 0.6) is 0 Å². The number of carbonyl (C=O) groups excluding carboxylic acids is 1. The molecule has 1 atom stereocenters. The molecule has 3 nitrogen and oxygen atoms in total. The van der Waals surface area contributed by atoms with Crippen molar-refractivity contribution in [1.82, 2.24) is 10.6 Å². The molecule has 2 rings (SSSR count). The van der Waals surface area contributed by atoms with Crippen molar-refractivity contribution in [1.29, 1.82) is 0 Å². The first-order valence-corrected chi connectivity index (χ1v) is 6.85. The molecule has 1 saturated carbocycles. The summed E-state index contributed by atoms with van der Waals surface area (Å²) in [5.41, 5.74) is 0.205. The highest BCUT2D eigenvalue weighted by molar-refractivity contribution is 5.85. The van der Waals surface area contributed by atoms with Crippen LogP contribution in [0.3, 0.4) is 0 Å². The van der Waals surface area contributed by atoms with Crippen LogP contribution in [-0.2, 0) is 4.79 Å². The lowest BCUT2D eigenvalue weighted by Gasteiger charge is -2.28. The average Bonchev–Trinajstić information content (AvgIpc) is 2.93. The van der Waals surface area contributed by atoms with Gasteiger partial charge in [-0.1, -0.05) is 19.8 Å². The van der Waals surface area contributed by atoms with E-state index in [9.17, 15) is 13.6 Å². The van der Waals surface area contributed by atoms with Crippen LogP contribution in [0.15, 0.2) is 0 Å². The van der Waals surface area contributed by atoms with E-state index in [0.29, 0.717) is 6.54 Å². The summed E-state index contributed by atoms with van der Waals surface area (Å²) in [7, 11) is 0. The molecule has 1 unspecified atom stereocenters. The lowest BCUT2D eigenvalue weighted by Crippen LogP contribution is -2.44. The van der Waals surface area contributed by atoms with E-state index in [1.807, 2.05) is 0 Å². The molecule has 1 amide bonds. The van der Waals surface area contributed by atoms with E-state index >= 15 is 0 Å². The van der Waals surface area contributed by atoms with Crippen LogP contribution in [0.25, 0.3) is 0 Å². The Kier molecular flexibility index (Phi) is 5.56. The van der Waals surface area contributed by atoms with Crippen LogP contribution >= 0.6 is 12.4 Å². The molecule has 1 aliphatic carbocycles. The third-order valence-corrected chi connectivity index (χ3v) is 4.48. The molecule has 1 aliphatic heterocycles. The highest BCUT2D eigenvalue weighted by Gasteiger charge is 2.42. The normalized spacial score (nSPS) is 27.8. The van der Waals surface area contributed by atoms with E-state index < -0.39 is 12.0 Å². The molecular formula is C13H23ClF2N2O. The maximum absolute atomic E-state index is 13.0. The minimum absolute atomic E-state index is 0. The van der Waals surface area contributed by atoms with Gasteiger partial charge in [0.05, 0.1) is 12.6 Å². The molecule has 19 heavy (non-hydrogen) atoms. The fourth-order valence-electron chi connectivity index (χ4n) is 3.08. The van der Waals surface area contributed by atoms with Crippen LogP contribution < -0.4 is 10.6 Å². The van der Waals surface area contributed by atoms with Gasteiger partial charge >= 0.3 is 0 Å². The number of amides is 1. The van der Waals surface area contributed by atoms with E-state index in [0.717, 1.165) is 19.3 Å².